The van der Waals surface area contributed by atoms with Crippen molar-refractivity contribution in [2.45, 2.75) is 44.9 Å². The number of hydrogen-bond acceptors (Lipinski definition) is 4. The van der Waals surface area contributed by atoms with E-state index in [4.69, 9.17) is 27.2 Å². The van der Waals surface area contributed by atoms with E-state index in [1.165, 1.54) is 31.2 Å². The minimum atomic E-state index is -5.08. The molecular formula is C23H29ClF3N3O2. The van der Waals surface area contributed by atoms with Crippen LogP contribution in [0.2, 0.25) is 5.02 Å². The van der Waals surface area contributed by atoms with E-state index < -0.39 is 12.1 Å². The SMILES string of the molecule is NCC1CCC(CN(Cc2ccc(Cl)cc2)Cc2ccccn2)CC1.O=C(O)C(F)(F)F. The highest BCUT2D eigenvalue weighted by Crippen LogP contribution is 2.29. The number of pyridine rings is 1. The van der Waals surface area contributed by atoms with Crippen LogP contribution >= 0.6 is 11.6 Å². The lowest BCUT2D eigenvalue weighted by atomic mass is 9.82. The zero-order valence-corrected chi connectivity index (χ0v) is 18.5. The second-order valence-corrected chi connectivity index (χ2v) is 8.48. The Morgan fingerprint density at radius 3 is 2.16 bits per heavy atom. The number of carboxylic acid groups (broad SMARTS) is 1. The smallest absolute Gasteiger partial charge is 0.475 e. The Morgan fingerprint density at radius 2 is 1.66 bits per heavy atom. The van der Waals surface area contributed by atoms with Crippen LogP contribution in [0.5, 0.6) is 0 Å². The molecule has 3 N–H and O–H groups in total. The summed E-state index contributed by atoms with van der Waals surface area (Å²) in [6.07, 6.45) is 1.93. The third-order valence-electron chi connectivity index (χ3n) is 5.49. The van der Waals surface area contributed by atoms with Gasteiger partial charge in [-0.15, -0.1) is 0 Å². The lowest BCUT2D eigenvalue weighted by Crippen LogP contribution is -2.32. The van der Waals surface area contributed by atoms with Gasteiger partial charge in [0.25, 0.3) is 0 Å². The maximum absolute atomic E-state index is 10.6. The van der Waals surface area contributed by atoms with Crippen LogP contribution in [0, 0.1) is 11.8 Å². The molecule has 1 aromatic heterocycles. The maximum atomic E-state index is 10.6. The molecule has 1 heterocycles. The fourth-order valence-electron chi connectivity index (χ4n) is 3.77. The molecular weight excluding hydrogens is 443 g/mol. The quantitative estimate of drug-likeness (QED) is 0.584. The van der Waals surface area contributed by atoms with E-state index in [1.807, 2.05) is 24.4 Å². The molecule has 0 radical (unpaired) electrons. The number of aliphatic carboxylic acids is 1. The van der Waals surface area contributed by atoms with Crippen LogP contribution in [-0.2, 0) is 17.9 Å². The molecule has 0 spiro atoms. The normalized spacial score (nSPS) is 18.7. The average Bonchev–Trinajstić information content (AvgIpc) is 2.76. The summed E-state index contributed by atoms with van der Waals surface area (Å²) in [6, 6.07) is 14.3. The van der Waals surface area contributed by atoms with E-state index in [1.54, 1.807) is 0 Å². The molecule has 1 aliphatic rings. The van der Waals surface area contributed by atoms with Crippen LogP contribution in [0.15, 0.2) is 48.7 Å². The number of aromatic nitrogens is 1. The Balaban J connectivity index is 0.000000451. The zero-order valence-electron chi connectivity index (χ0n) is 17.8. The van der Waals surface area contributed by atoms with Gasteiger partial charge in [-0.25, -0.2) is 4.79 Å². The minimum Gasteiger partial charge on any atom is -0.475 e. The number of nitrogens with two attached hydrogens (primary N) is 1. The van der Waals surface area contributed by atoms with E-state index >= 15 is 0 Å². The molecule has 176 valence electrons. The third kappa shape index (κ3) is 9.54. The second-order valence-electron chi connectivity index (χ2n) is 8.04. The van der Waals surface area contributed by atoms with Crippen LogP contribution in [-0.4, -0.2) is 40.2 Å². The Labute approximate surface area is 191 Å². The largest absolute Gasteiger partial charge is 0.490 e. The van der Waals surface area contributed by atoms with E-state index in [0.717, 1.165) is 48.7 Å². The van der Waals surface area contributed by atoms with E-state index in [9.17, 15) is 13.2 Å². The van der Waals surface area contributed by atoms with Crippen molar-refractivity contribution in [3.8, 4) is 0 Å². The number of rotatable bonds is 7. The van der Waals surface area contributed by atoms with Crippen LogP contribution < -0.4 is 5.73 Å². The standard InChI is InChI=1S/C21H28ClN3.C2HF3O2/c22-20-10-8-19(9-11-20)15-25(16-21-3-1-2-12-24-21)14-18-6-4-17(13-23)5-7-18;3-2(4,5)1(6)7/h1-3,8-12,17-18H,4-7,13-16,23H2;(H,6,7). The van der Waals surface area contributed by atoms with Gasteiger partial charge in [0.1, 0.15) is 0 Å². The van der Waals surface area contributed by atoms with Gasteiger partial charge in [-0.1, -0.05) is 29.8 Å². The van der Waals surface area contributed by atoms with E-state index in [-0.39, 0.29) is 0 Å². The number of carbonyl (C=O) groups is 1. The molecule has 3 rings (SSSR count). The highest BCUT2D eigenvalue weighted by Gasteiger charge is 2.38. The van der Waals surface area contributed by atoms with Crippen molar-refractivity contribution in [2.75, 3.05) is 13.1 Å². The summed E-state index contributed by atoms with van der Waals surface area (Å²) in [7, 11) is 0. The summed E-state index contributed by atoms with van der Waals surface area (Å²) >= 11 is 6.03. The molecule has 32 heavy (non-hydrogen) atoms. The first-order chi connectivity index (χ1) is 15.2. The van der Waals surface area contributed by atoms with E-state index in [2.05, 4.69) is 34.1 Å². The van der Waals surface area contributed by atoms with Crippen molar-refractivity contribution in [1.29, 1.82) is 0 Å². The van der Waals surface area contributed by atoms with Gasteiger partial charge in [-0.3, -0.25) is 9.88 Å². The molecule has 0 aliphatic heterocycles. The Morgan fingerprint density at radius 1 is 1.06 bits per heavy atom. The summed E-state index contributed by atoms with van der Waals surface area (Å²) in [5, 5.41) is 7.92. The molecule has 0 amide bonds. The zero-order chi connectivity index (χ0) is 23.6. The molecule has 0 bridgehead atoms. The molecule has 5 nitrogen and oxygen atoms in total. The van der Waals surface area contributed by atoms with Gasteiger partial charge in [0, 0.05) is 30.9 Å². The van der Waals surface area contributed by atoms with Gasteiger partial charge in [0.2, 0.25) is 0 Å². The molecule has 1 aliphatic carbocycles. The number of nitrogens with zero attached hydrogens (tertiary/aromatic N) is 2. The Kier molecular flexibility index (Phi) is 10.4. The highest BCUT2D eigenvalue weighted by molar-refractivity contribution is 6.30. The predicted molar refractivity (Wildman–Crippen MR) is 118 cm³/mol. The maximum Gasteiger partial charge on any atom is 0.490 e. The Hall–Kier alpha value is -2.16. The van der Waals surface area contributed by atoms with Crippen molar-refractivity contribution in [1.82, 2.24) is 9.88 Å². The van der Waals surface area contributed by atoms with Gasteiger partial charge in [-0.2, -0.15) is 13.2 Å². The van der Waals surface area contributed by atoms with Gasteiger partial charge >= 0.3 is 12.1 Å². The van der Waals surface area contributed by atoms with Gasteiger partial charge in [0.05, 0.1) is 5.69 Å². The molecule has 1 saturated carbocycles. The van der Waals surface area contributed by atoms with Crippen molar-refractivity contribution < 1.29 is 23.1 Å². The molecule has 2 aromatic rings. The molecule has 1 fully saturated rings. The van der Waals surface area contributed by atoms with Crippen molar-refractivity contribution in [3.63, 3.8) is 0 Å². The van der Waals surface area contributed by atoms with E-state index in [0.29, 0.717) is 0 Å². The topological polar surface area (TPSA) is 79.5 Å². The Bertz CT molecular complexity index is 811. The third-order valence-corrected chi connectivity index (χ3v) is 5.74. The van der Waals surface area contributed by atoms with Crippen LogP contribution in [0.4, 0.5) is 13.2 Å². The number of hydrogen-bond donors (Lipinski definition) is 2. The highest BCUT2D eigenvalue weighted by atomic mass is 35.5. The fraction of sp³-hybridized carbons (Fsp3) is 0.478. The number of carboxylic acids is 1. The predicted octanol–water partition coefficient (Wildman–Crippen LogP) is 5.14. The number of alkyl halides is 3. The molecule has 0 saturated heterocycles. The van der Waals surface area contributed by atoms with Crippen molar-refractivity contribution in [2.24, 2.45) is 17.6 Å². The summed E-state index contributed by atoms with van der Waals surface area (Å²) < 4.78 is 31.7. The van der Waals surface area contributed by atoms with Gasteiger partial charge < -0.3 is 10.8 Å². The number of benzene rings is 1. The van der Waals surface area contributed by atoms with Gasteiger partial charge in [-0.05, 0) is 73.9 Å². The van der Waals surface area contributed by atoms with Crippen LogP contribution in [0.25, 0.3) is 0 Å². The van der Waals surface area contributed by atoms with Crippen molar-refractivity contribution >= 4 is 17.6 Å². The fourth-order valence-corrected chi connectivity index (χ4v) is 3.89. The summed E-state index contributed by atoms with van der Waals surface area (Å²) in [6.45, 7) is 3.79. The summed E-state index contributed by atoms with van der Waals surface area (Å²) in [5.74, 6) is -1.26. The lowest BCUT2D eigenvalue weighted by Gasteiger charge is -2.32. The molecule has 9 heteroatoms. The van der Waals surface area contributed by atoms with Gasteiger partial charge in [0.15, 0.2) is 0 Å². The number of halogens is 4. The minimum absolute atomic E-state index is 0.733. The van der Waals surface area contributed by atoms with Crippen LogP contribution in [0.1, 0.15) is 36.9 Å². The summed E-state index contributed by atoms with van der Waals surface area (Å²) in [4.78, 5) is 15.9. The lowest BCUT2D eigenvalue weighted by molar-refractivity contribution is -0.192. The first-order valence-electron chi connectivity index (χ1n) is 10.5. The monoisotopic (exact) mass is 471 g/mol. The molecule has 0 atom stereocenters. The average molecular weight is 472 g/mol. The molecule has 0 unspecified atom stereocenters. The van der Waals surface area contributed by atoms with Crippen molar-refractivity contribution in [3.05, 3.63) is 64.9 Å². The van der Waals surface area contributed by atoms with Crippen LogP contribution in [0.3, 0.4) is 0 Å². The first kappa shape index (κ1) is 26.1. The molecule has 1 aromatic carbocycles. The second kappa shape index (κ2) is 12.8. The summed E-state index contributed by atoms with van der Waals surface area (Å²) in [5.41, 5.74) is 8.27. The first-order valence-corrected chi connectivity index (χ1v) is 10.9.